The van der Waals surface area contributed by atoms with Crippen molar-refractivity contribution < 1.29 is 14.3 Å². The molecule has 0 aromatic heterocycles. The number of ether oxygens (including phenoxy) is 1. The van der Waals surface area contributed by atoms with Crippen LogP contribution in [0.5, 0.6) is 0 Å². The van der Waals surface area contributed by atoms with Crippen molar-refractivity contribution in [2.75, 3.05) is 13.1 Å². The number of nitrogens with one attached hydrogen (secondary N) is 1. The van der Waals surface area contributed by atoms with Crippen molar-refractivity contribution >= 4 is 12.0 Å². The molecule has 134 valence electrons. The Labute approximate surface area is 140 Å². The summed E-state index contributed by atoms with van der Waals surface area (Å²) in [5, 5.41) is 3.36. The van der Waals surface area contributed by atoms with Crippen LogP contribution >= 0.6 is 0 Å². The highest BCUT2D eigenvalue weighted by Crippen LogP contribution is 2.24. The van der Waals surface area contributed by atoms with E-state index in [-0.39, 0.29) is 24.1 Å². The molecule has 1 aliphatic rings. The molecule has 2 atom stereocenters. The van der Waals surface area contributed by atoms with Gasteiger partial charge >= 0.3 is 6.09 Å². The van der Waals surface area contributed by atoms with E-state index in [9.17, 15) is 9.59 Å². The first-order chi connectivity index (χ1) is 10.4. The summed E-state index contributed by atoms with van der Waals surface area (Å²) in [5.74, 6) is -0.312. The number of nitrogens with two attached hydrogens (primary N) is 1. The molecular weight excluding hydrogens is 294 g/mol. The summed E-state index contributed by atoms with van der Waals surface area (Å²) >= 11 is 0. The van der Waals surface area contributed by atoms with Gasteiger partial charge in [0.25, 0.3) is 0 Å². The summed E-state index contributed by atoms with van der Waals surface area (Å²) in [7, 11) is 0. The van der Waals surface area contributed by atoms with Crippen molar-refractivity contribution in [1.82, 2.24) is 10.2 Å². The summed E-state index contributed by atoms with van der Waals surface area (Å²) < 4.78 is 5.48. The Morgan fingerprint density at radius 3 is 2.43 bits per heavy atom. The maximum absolute atomic E-state index is 12.3. The van der Waals surface area contributed by atoms with Crippen LogP contribution in [0.25, 0.3) is 0 Å². The van der Waals surface area contributed by atoms with Gasteiger partial charge < -0.3 is 20.7 Å². The van der Waals surface area contributed by atoms with Gasteiger partial charge in [-0.3, -0.25) is 4.79 Å². The fourth-order valence-electron chi connectivity index (χ4n) is 2.65. The van der Waals surface area contributed by atoms with Crippen molar-refractivity contribution in [2.45, 2.75) is 78.5 Å². The van der Waals surface area contributed by atoms with E-state index >= 15 is 0 Å². The van der Waals surface area contributed by atoms with Gasteiger partial charge in [0.1, 0.15) is 5.60 Å². The van der Waals surface area contributed by atoms with Crippen LogP contribution in [0, 0.1) is 5.41 Å². The number of amides is 2. The number of hydrogen-bond acceptors (Lipinski definition) is 4. The smallest absolute Gasteiger partial charge is 0.410 e. The van der Waals surface area contributed by atoms with E-state index in [1.165, 1.54) is 0 Å². The average molecular weight is 327 g/mol. The Bertz CT molecular complexity index is 429. The quantitative estimate of drug-likeness (QED) is 0.784. The zero-order valence-electron chi connectivity index (χ0n) is 15.4. The van der Waals surface area contributed by atoms with Crippen LogP contribution in [0.4, 0.5) is 4.79 Å². The number of nitrogens with zero attached hydrogens (tertiary/aromatic N) is 1. The molecule has 0 aliphatic carbocycles. The average Bonchev–Trinajstić information content (AvgIpc) is 2.82. The van der Waals surface area contributed by atoms with Crippen LogP contribution in [0.3, 0.4) is 0 Å². The van der Waals surface area contributed by atoms with Gasteiger partial charge in [-0.25, -0.2) is 4.79 Å². The molecule has 0 aromatic rings. The fourth-order valence-corrected chi connectivity index (χ4v) is 2.65. The van der Waals surface area contributed by atoms with Gasteiger partial charge in [0.05, 0.1) is 5.41 Å². The molecule has 1 rings (SSSR count). The van der Waals surface area contributed by atoms with Gasteiger partial charge in [0.2, 0.25) is 5.91 Å². The highest BCUT2D eigenvalue weighted by atomic mass is 16.6. The van der Waals surface area contributed by atoms with Crippen LogP contribution in [0.1, 0.15) is 60.8 Å². The van der Waals surface area contributed by atoms with E-state index in [4.69, 9.17) is 10.5 Å². The Morgan fingerprint density at radius 2 is 1.91 bits per heavy atom. The first-order valence-corrected chi connectivity index (χ1v) is 8.45. The van der Waals surface area contributed by atoms with Crippen molar-refractivity contribution in [3.05, 3.63) is 0 Å². The van der Waals surface area contributed by atoms with Crippen LogP contribution in [-0.2, 0) is 9.53 Å². The minimum absolute atomic E-state index is 0.184. The summed E-state index contributed by atoms with van der Waals surface area (Å²) in [5.41, 5.74) is 4.34. The molecule has 1 aliphatic heterocycles. The normalized spacial score (nSPS) is 20.4. The van der Waals surface area contributed by atoms with Crippen LogP contribution in [-0.4, -0.2) is 47.7 Å². The minimum atomic E-state index is -0.575. The first kappa shape index (κ1) is 19.7. The van der Waals surface area contributed by atoms with Crippen molar-refractivity contribution in [3.8, 4) is 0 Å². The second-order valence-electron chi connectivity index (χ2n) is 8.24. The molecule has 6 heteroatoms. The second kappa shape index (κ2) is 7.51. The molecule has 1 saturated heterocycles. The Kier molecular flexibility index (Phi) is 6.45. The maximum atomic E-state index is 12.3. The number of rotatable bonds is 6. The molecule has 0 bridgehead atoms. The maximum Gasteiger partial charge on any atom is 0.410 e. The lowest BCUT2D eigenvalue weighted by atomic mass is 9.92. The second-order valence-corrected chi connectivity index (χ2v) is 8.24. The number of likely N-dealkylation sites (tertiary alicyclic amines) is 1. The van der Waals surface area contributed by atoms with Gasteiger partial charge in [-0.05, 0) is 60.8 Å². The molecule has 0 spiro atoms. The summed E-state index contributed by atoms with van der Waals surface area (Å²) in [6.07, 6.45) is 2.60. The monoisotopic (exact) mass is 327 g/mol. The number of primary amides is 1. The third kappa shape index (κ3) is 6.37. The summed E-state index contributed by atoms with van der Waals surface area (Å²) in [4.78, 5) is 25.5. The molecule has 6 nitrogen and oxygen atoms in total. The van der Waals surface area contributed by atoms with E-state index in [0.29, 0.717) is 6.54 Å². The van der Waals surface area contributed by atoms with E-state index < -0.39 is 11.0 Å². The molecule has 1 fully saturated rings. The van der Waals surface area contributed by atoms with Gasteiger partial charge in [-0.1, -0.05) is 0 Å². The van der Waals surface area contributed by atoms with Gasteiger partial charge in [0.15, 0.2) is 0 Å². The standard InChI is InChI=1S/C17H33N3O3/c1-12(19-11-17(5,6)14(18)21)10-13-8-7-9-20(13)15(22)23-16(2,3)4/h12-13,19H,7-11H2,1-6H3,(H2,18,21). The predicted molar refractivity (Wildman–Crippen MR) is 91.0 cm³/mol. The molecule has 2 unspecified atom stereocenters. The van der Waals surface area contributed by atoms with E-state index in [0.717, 1.165) is 25.8 Å². The molecule has 0 aromatic carbocycles. The topological polar surface area (TPSA) is 84.7 Å². The van der Waals surface area contributed by atoms with E-state index in [1.54, 1.807) is 0 Å². The molecule has 23 heavy (non-hydrogen) atoms. The van der Waals surface area contributed by atoms with Gasteiger partial charge in [0, 0.05) is 25.2 Å². The van der Waals surface area contributed by atoms with Gasteiger partial charge in [-0.15, -0.1) is 0 Å². The number of hydrogen-bond donors (Lipinski definition) is 2. The van der Waals surface area contributed by atoms with Crippen LogP contribution < -0.4 is 11.1 Å². The largest absolute Gasteiger partial charge is 0.444 e. The highest BCUT2D eigenvalue weighted by molar-refractivity contribution is 5.80. The molecular formula is C17H33N3O3. The molecule has 0 saturated carbocycles. The highest BCUT2D eigenvalue weighted by Gasteiger charge is 2.33. The lowest BCUT2D eigenvalue weighted by molar-refractivity contribution is -0.125. The number of carbonyl (C=O) groups is 2. The van der Waals surface area contributed by atoms with Crippen molar-refractivity contribution in [3.63, 3.8) is 0 Å². The Morgan fingerprint density at radius 1 is 1.30 bits per heavy atom. The zero-order chi connectivity index (χ0) is 17.8. The van der Waals surface area contributed by atoms with Crippen LogP contribution in [0.15, 0.2) is 0 Å². The summed E-state index contributed by atoms with van der Waals surface area (Å²) in [6.45, 7) is 12.7. The number of carbonyl (C=O) groups excluding carboxylic acids is 2. The van der Waals surface area contributed by atoms with Crippen molar-refractivity contribution in [1.29, 1.82) is 0 Å². The van der Waals surface area contributed by atoms with E-state index in [1.807, 2.05) is 39.5 Å². The first-order valence-electron chi connectivity index (χ1n) is 8.45. The zero-order valence-corrected chi connectivity index (χ0v) is 15.4. The van der Waals surface area contributed by atoms with Crippen LogP contribution in [0.2, 0.25) is 0 Å². The van der Waals surface area contributed by atoms with Crippen molar-refractivity contribution in [2.24, 2.45) is 11.1 Å². The third-order valence-corrected chi connectivity index (χ3v) is 4.19. The summed E-state index contributed by atoms with van der Waals surface area (Å²) in [6, 6.07) is 0.380. The molecule has 2 amide bonds. The van der Waals surface area contributed by atoms with Gasteiger partial charge in [-0.2, -0.15) is 0 Å². The minimum Gasteiger partial charge on any atom is -0.444 e. The Balaban J connectivity index is 2.51. The third-order valence-electron chi connectivity index (χ3n) is 4.19. The molecule has 1 heterocycles. The predicted octanol–water partition coefficient (Wildman–Crippen LogP) is 2.27. The fraction of sp³-hybridized carbons (Fsp3) is 0.882. The SMILES string of the molecule is CC(CC1CCCN1C(=O)OC(C)(C)C)NCC(C)(C)C(N)=O. The molecule has 0 radical (unpaired) electrons. The lowest BCUT2D eigenvalue weighted by Gasteiger charge is -2.31. The van der Waals surface area contributed by atoms with E-state index in [2.05, 4.69) is 12.2 Å². The lowest BCUT2D eigenvalue weighted by Crippen LogP contribution is -2.46. The Hall–Kier alpha value is -1.30. The molecule has 3 N–H and O–H groups in total.